The third-order valence-electron chi connectivity index (χ3n) is 5.97. The van der Waals surface area contributed by atoms with Gasteiger partial charge in [0.1, 0.15) is 0 Å². The molecule has 0 aliphatic carbocycles. The fourth-order valence-corrected chi connectivity index (χ4v) is 4.35. The zero-order chi connectivity index (χ0) is 24.8. The Morgan fingerprint density at radius 1 is 0.941 bits per heavy atom. The lowest BCUT2D eigenvalue weighted by atomic mass is 10.1. The molecule has 0 bridgehead atoms. The third-order valence-corrected chi connectivity index (χ3v) is 6.21. The topological polar surface area (TPSA) is 64.7 Å². The average Bonchev–Trinajstić information content (AvgIpc) is 3.00. The number of hydrogen-bond acceptors (Lipinski definition) is 4. The molecule has 1 saturated heterocycles. The smallest absolute Gasteiger partial charge is 0.257 e. The molecular weight excluding hydrogens is 448 g/mol. The first-order valence-corrected chi connectivity index (χ1v) is 12.1. The first-order chi connectivity index (χ1) is 16.4. The molecule has 7 heteroatoms. The van der Waals surface area contributed by atoms with Gasteiger partial charge in [-0.15, -0.1) is 0 Å². The Bertz CT molecular complexity index is 1130. The van der Waals surface area contributed by atoms with Gasteiger partial charge < -0.3 is 20.4 Å². The molecular formula is C27H33ClN4O2. The number of nitrogens with one attached hydrogen (secondary N) is 2. The van der Waals surface area contributed by atoms with Gasteiger partial charge in [0, 0.05) is 48.1 Å². The summed E-state index contributed by atoms with van der Waals surface area (Å²) in [4.78, 5) is 29.9. The van der Waals surface area contributed by atoms with Crippen LogP contribution >= 0.6 is 11.6 Å². The number of carbonyl (C=O) groups is 2. The minimum absolute atomic E-state index is 0.0359. The van der Waals surface area contributed by atoms with Crippen molar-refractivity contribution in [3.8, 4) is 0 Å². The van der Waals surface area contributed by atoms with Crippen LogP contribution in [0.5, 0.6) is 0 Å². The molecule has 2 heterocycles. The third kappa shape index (κ3) is 5.28. The zero-order valence-corrected chi connectivity index (χ0v) is 21.3. The van der Waals surface area contributed by atoms with Gasteiger partial charge in [-0.05, 0) is 56.7 Å². The predicted molar refractivity (Wildman–Crippen MR) is 142 cm³/mol. The molecule has 34 heavy (non-hydrogen) atoms. The molecule has 0 atom stereocenters. The van der Waals surface area contributed by atoms with Gasteiger partial charge in [0.05, 0.1) is 16.9 Å². The van der Waals surface area contributed by atoms with E-state index in [2.05, 4.69) is 22.5 Å². The summed E-state index contributed by atoms with van der Waals surface area (Å²) in [7, 11) is 0. The first kappa shape index (κ1) is 25.4. The molecule has 2 aliphatic heterocycles. The summed E-state index contributed by atoms with van der Waals surface area (Å²) < 4.78 is 0. The fraction of sp³-hybridized carbons (Fsp3) is 0.333. The Morgan fingerprint density at radius 3 is 2.29 bits per heavy atom. The SMILES string of the molecule is C/C=C1/Nc2ccc(C(=O)N3CCN(c4cc(Cl)ccc4C)CC3)cc2NC(=O)/C1=C/C.CC. The van der Waals surface area contributed by atoms with Crippen molar-refractivity contribution in [3.63, 3.8) is 0 Å². The van der Waals surface area contributed by atoms with Crippen LogP contribution in [-0.4, -0.2) is 42.9 Å². The van der Waals surface area contributed by atoms with Gasteiger partial charge in [-0.1, -0.05) is 43.7 Å². The van der Waals surface area contributed by atoms with Gasteiger partial charge in [-0.3, -0.25) is 9.59 Å². The largest absolute Gasteiger partial charge is 0.368 e. The molecule has 1 fully saturated rings. The number of piperazine rings is 1. The number of hydrogen-bond donors (Lipinski definition) is 2. The number of rotatable bonds is 2. The second-order valence-corrected chi connectivity index (χ2v) is 8.39. The Morgan fingerprint density at radius 2 is 1.65 bits per heavy atom. The van der Waals surface area contributed by atoms with Crippen molar-refractivity contribution in [2.75, 3.05) is 41.7 Å². The second kappa shape index (κ2) is 11.3. The minimum atomic E-state index is -0.193. The van der Waals surface area contributed by atoms with E-state index in [0.29, 0.717) is 34.9 Å². The van der Waals surface area contributed by atoms with Crippen LogP contribution in [0.4, 0.5) is 17.1 Å². The van der Waals surface area contributed by atoms with Gasteiger partial charge in [0.15, 0.2) is 0 Å². The van der Waals surface area contributed by atoms with Crippen LogP contribution in [0.1, 0.15) is 43.6 Å². The number of carbonyl (C=O) groups excluding carboxylic acids is 2. The molecule has 0 aromatic heterocycles. The molecule has 2 N–H and O–H groups in total. The summed E-state index contributed by atoms with van der Waals surface area (Å²) in [5.74, 6) is -0.228. The molecule has 180 valence electrons. The Kier molecular flexibility index (Phi) is 8.40. The molecule has 0 unspecified atom stereocenters. The maximum absolute atomic E-state index is 13.2. The maximum Gasteiger partial charge on any atom is 0.257 e. The number of anilines is 3. The van der Waals surface area contributed by atoms with Gasteiger partial charge in [0.25, 0.3) is 11.8 Å². The molecule has 0 spiro atoms. The molecule has 2 amide bonds. The molecule has 0 saturated carbocycles. The standard InChI is InChI=1S/C25H27ClN4O2.C2H6/c1-4-19-20(5-2)27-21-9-7-17(14-22(21)28-24(19)31)25(32)30-12-10-29(11-13-30)23-15-18(26)8-6-16(23)3;1-2/h4-9,14-15,27H,10-13H2,1-3H3,(H,28,31);1-2H3/b19-4+,20-5+;. The van der Waals surface area contributed by atoms with Crippen molar-refractivity contribution in [1.82, 2.24) is 4.90 Å². The van der Waals surface area contributed by atoms with Gasteiger partial charge in [-0.2, -0.15) is 0 Å². The van der Waals surface area contributed by atoms with Crippen LogP contribution in [0.15, 0.2) is 59.8 Å². The zero-order valence-electron chi connectivity index (χ0n) is 20.5. The van der Waals surface area contributed by atoms with Gasteiger partial charge in [-0.25, -0.2) is 0 Å². The lowest BCUT2D eigenvalue weighted by Crippen LogP contribution is -2.49. The van der Waals surface area contributed by atoms with Crippen LogP contribution in [0, 0.1) is 6.92 Å². The molecule has 0 radical (unpaired) electrons. The Labute approximate surface area is 207 Å². The summed E-state index contributed by atoms with van der Waals surface area (Å²) in [6.07, 6.45) is 3.64. The van der Waals surface area contributed by atoms with Crippen molar-refractivity contribution in [2.45, 2.75) is 34.6 Å². The predicted octanol–water partition coefficient (Wildman–Crippen LogP) is 5.85. The highest BCUT2D eigenvalue weighted by molar-refractivity contribution is 6.30. The van der Waals surface area contributed by atoms with E-state index in [4.69, 9.17) is 11.6 Å². The first-order valence-electron chi connectivity index (χ1n) is 11.8. The molecule has 2 aliphatic rings. The highest BCUT2D eigenvalue weighted by Gasteiger charge is 2.25. The number of benzene rings is 2. The van der Waals surface area contributed by atoms with Crippen molar-refractivity contribution in [2.24, 2.45) is 0 Å². The van der Waals surface area contributed by atoms with E-state index in [9.17, 15) is 9.59 Å². The molecule has 4 rings (SSSR count). The maximum atomic E-state index is 13.2. The van der Waals surface area contributed by atoms with E-state index >= 15 is 0 Å². The van der Waals surface area contributed by atoms with Crippen molar-refractivity contribution in [3.05, 3.63) is 76.0 Å². The van der Waals surface area contributed by atoms with E-state index in [0.717, 1.165) is 30.2 Å². The summed E-state index contributed by atoms with van der Waals surface area (Å²) in [5, 5.41) is 6.93. The van der Waals surface area contributed by atoms with Gasteiger partial charge >= 0.3 is 0 Å². The van der Waals surface area contributed by atoms with Crippen molar-refractivity contribution >= 4 is 40.5 Å². The summed E-state index contributed by atoms with van der Waals surface area (Å²) >= 11 is 6.18. The van der Waals surface area contributed by atoms with Crippen LogP contribution in [0.25, 0.3) is 0 Å². The summed E-state index contributed by atoms with van der Waals surface area (Å²) in [5.41, 5.74) is 5.53. The molecule has 2 aromatic carbocycles. The summed E-state index contributed by atoms with van der Waals surface area (Å²) in [6, 6.07) is 11.3. The van der Waals surface area contributed by atoms with Crippen LogP contribution in [0.2, 0.25) is 5.02 Å². The number of aryl methyl sites for hydroxylation is 1. The van der Waals surface area contributed by atoms with E-state index in [1.165, 1.54) is 5.56 Å². The minimum Gasteiger partial charge on any atom is -0.368 e. The monoisotopic (exact) mass is 480 g/mol. The normalized spacial score (nSPS) is 17.9. The molecule has 2 aromatic rings. The van der Waals surface area contributed by atoms with E-state index in [1.54, 1.807) is 12.1 Å². The lowest BCUT2D eigenvalue weighted by molar-refractivity contribution is -0.112. The highest BCUT2D eigenvalue weighted by Crippen LogP contribution is 2.31. The fourth-order valence-electron chi connectivity index (χ4n) is 4.18. The van der Waals surface area contributed by atoms with Crippen molar-refractivity contribution in [1.29, 1.82) is 0 Å². The van der Waals surface area contributed by atoms with E-state index in [-0.39, 0.29) is 11.8 Å². The number of amides is 2. The lowest BCUT2D eigenvalue weighted by Gasteiger charge is -2.37. The summed E-state index contributed by atoms with van der Waals surface area (Å²) in [6.45, 7) is 12.5. The quantitative estimate of drug-likeness (QED) is 0.529. The second-order valence-electron chi connectivity index (χ2n) is 7.95. The Balaban J connectivity index is 0.00000158. The van der Waals surface area contributed by atoms with E-state index in [1.807, 2.05) is 69.0 Å². The average molecular weight is 481 g/mol. The highest BCUT2D eigenvalue weighted by atomic mass is 35.5. The van der Waals surface area contributed by atoms with E-state index < -0.39 is 0 Å². The van der Waals surface area contributed by atoms with Gasteiger partial charge in [0.2, 0.25) is 0 Å². The van der Waals surface area contributed by atoms with Crippen molar-refractivity contribution < 1.29 is 9.59 Å². The van der Waals surface area contributed by atoms with Crippen LogP contribution < -0.4 is 15.5 Å². The Hall–Kier alpha value is -3.25. The van der Waals surface area contributed by atoms with Crippen LogP contribution in [0.3, 0.4) is 0 Å². The number of allylic oxidation sites excluding steroid dienone is 2. The van der Waals surface area contributed by atoms with Crippen LogP contribution in [-0.2, 0) is 4.79 Å². The number of nitrogens with zero attached hydrogens (tertiary/aromatic N) is 2. The number of fused-ring (bicyclic) bond motifs is 1. The molecule has 6 nitrogen and oxygen atoms in total. The number of halogens is 1.